The molecule has 0 heterocycles. The number of carbonyl (C=O) groups is 1. The van der Waals surface area contributed by atoms with Crippen molar-refractivity contribution in [3.8, 4) is 5.75 Å². The van der Waals surface area contributed by atoms with Crippen molar-refractivity contribution in [1.82, 2.24) is 5.32 Å². The molecule has 1 aromatic carbocycles. The molecule has 1 rings (SSSR count). The first kappa shape index (κ1) is 17.1. The first-order valence-electron chi connectivity index (χ1n) is 6.57. The number of halogens is 2. The molecule has 4 nitrogen and oxygen atoms in total. The Morgan fingerprint density at radius 2 is 2.10 bits per heavy atom. The van der Waals surface area contributed by atoms with Gasteiger partial charge in [-0.3, -0.25) is 0 Å². The first-order valence-corrected chi connectivity index (χ1v) is 7.33. The fraction of sp³-hybridized carbons (Fsp3) is 0.500. The van der Waals surface area contributed by atoms with Crippen LogP contribution in [0.15, 0.2) is 12.1 Å². The van der Waals surface area contributed by atoms with E-state index in [-0.39, 0.29) is 0 Å². The Morgan fingerprint density at radius 1 is 1.40 bits per heavy atom. The normalized spacial score (nSPS) is 12.2. The Hall–Kier alpha value is -0.970. The summed E-state index contributed by atoms with van der Waals surface area (Å²) in [5, 5.41) is 13.1. The summed E-state index contributed by atoms with van der Waals surface area (Å²) in [6.07, 6.45) is 0.235. The minimum Gasteiger partial charge on any atom is -0.479 e. The van der Waals surface area contributed by atoms with Crippen LogP contribution < -0.4 is 10.1 Å². The number of hydrogen-bond donors (Lipinski definition) is 2. The largest absolute Gasteiger partial charge is 0.479 e. The van der Waals surface area contributed by atoms with Crippen molar-refractivity contribution in [3.63, 3.8) is 0 Å². The zero-order valence-electron chi connectivity index (χ0n) is 11.6. The van der Waals surface area contributed by atoms with Crippen LogP contribution in [-0.4, -0.2) is 23.7 Å². The van der Waals surface area contributed by atoms with Gasteiger partial charge in [0.25, 0.3) is 0 Å². The smallest absolute Gasteiger partial charge is 0.344 e. The summed E-state index contributed by atoms with van der Waals surface area (Å²) in [5.41, 5.74) is 0.756. The molecular formula is C14H19Cl2NO3. The molecule has 0 bridgehead atoms. The van der Waals surface area contributed by atoms with Crippen LogP contribution in [-0.2, 0) is 11.3 Å². The van der Waals surface area contributed by atoms with E-state index in [0.29, 0.717) is 35.2 Å². The van der Waals surface area contributed by atoms with E-state index in [1.807, 2.05) is 13.8 Å². The number of aliphatic carboxylic acids is 1. The van der Waals surface area contributed by atoms with Gasteiger partial charge in [0.05, 0.1) is 5.02 Å². The van der Waals surface area contributed by atoms with Crippen LogP contribution in [0.2, 0.25) is 10.0 Å². The lowest BCUT2D eigenvalue weighted by Gasteiger charge is -2.19. The summed E-state index contributed by atoms with van der Waals surface area (Å²) in [6, 6.07) is 3.29. The Labute approximate surface area is 129 Å². The molecule has 0 saturated carbocycles. The SMILES string of the molecule is CCCC(Oc1c(Cl)cc(Cl)cc1CNCC)C(=O)O. The zero-order chi connectivity index (χ0) is 15.1. The quantitative estimate of drug-likeness (QED) is 0.766. The predicted molar refractivity (Wildman–Crippen MR) is 80.8 cm³/mol. The van der Waals surface area contributed by atoms with Crippen LogP contribution in [0, 0.1) is 0 Å². The van der Waals surface area contributed by atoms with E-state index in [2.05, 4.69) is 5.32 Å². The van der Waals surface area contributed by atoms with Gasteiger partial charge in [-0.05, 0) is 25.1 Å². The van der Waals surface area contributed by atoms with E-state index in [1.165, 1.54) is 0 Å². The second kappa shape index (κ2) is 8.35. The fourth-order valence-corrected chi connectivity index (χ4v) is 2.35. The molecule has 112 valence electrons. The summed E-state index contributed by atoms with van der Waals surface area (Å²) in [6.45, 7) is 5.18. The van der Waals surface area contributed by atoms with Crippen molar-refractivity contribution in [1.29, 1.82) is 0 Å². The minimum absolute atomic E-state index is 0.327. The highest BCUT2D eigenvalue weighted by molar-refractivity contribution is 6.35. The third-order valence-corrected chi connectivity index (χ3v) is 3.24. The molecule has 1 aromatic rings. The molecule has 0 aliphatic rings. The molecule has 20 heavy (non-hydrogen) atoms. The molecule has 0 saturated heterocycles. The predicted octanol–water partition coefficient (Wildman–Crippen LogP) is 3.74. The molecule has 1 unspecified atom stereocenters. The van der Waals surface area contributed by atoms with E-state index < -0.39 is 12.1 Å². The molecule has 0 spiro atoms. The Morgan fingerprint density at radius 3 is 2.65 bits per heavy atom. The fourth-order valence-electron chi connectivity index (χ4n) is 1.77. The van der Waals surface area contributed by atoms with Gasteiger partial charge in [-0.1, -0.05) is 43.5 Å². The average Bonchev–Trinajstić information content (AvgIpc) is 2.38. The van der Waals surface area contributed by atoms with Gasteiger partial charge in [0, 0.05) is 17.1 Å². The highest BCUT2D eigenvalue weighted by Gasteiger charge is 2.21. The summed E-state index contributed by atoms with van der Waals surface area (Å²) >= 11 is 12.1. The Balaban J connectivity index is 3.04. The molecule has 6 heteroatoms. The van der Waals surface area contributed by atoms with Gasteiger partial charge < -0.3 is 15.2 Å². The summed E-state index contributed by atoms with van der Waals surface area (Å²) in [4.78, 5) is 11.2. The highest BCUT2D eigenvalue weighted by atomic mass is 35.5. The number of nitrogens with one attached hydrogen (secondary N) is 1. The molecular weight excluding hydrogens is 301 g/mol. The molecule has 0 fully saturated rings. The first-order chi connectivity index (χ1) is 9.49. The van der Waals surface area contributed by atoms with Crippen LogP contribution >= 0.6 is 23.2 Å². The molecule has 0 radical (unpaired) electrons. The Kier molecular flexibility index (Phi) is 7.13. The summed E-state index contributed by atoms with van der Waals surface area (Å²) in [7, 11) is 0. The molecule has 0 amide bonds. The molecule has 0 aliphatic heterocycles. The zero-order valence-corrected chi connectivity index (χ0v) is 13.1. The van der Waals surface area contributed by atoms with Gasteiger partial charge in [-0.2, -0.15) is 0 Å². The lowest BCUT2D eigenvalue weighted by Crippen LogP contribution is -2.27. The van der Waals surface area contributed by atoms with Gasteiger partial charge in [-0.25, -0.2) is 4.79 Å². The number of carboxylic acids is 1. The number of hydrogen-bond acceptors (Lipinski definition) is 3. The minimum atomic E-state index is -0.993. The Bertz CT molecular complexity index is 466. The van der Waals surface area contributed by atoms with Crippen molar-refractivity contribution in [2.75, 3.05) is 6.54 Å². The highest BCUT2D eigenvalue weighted by Crippen LogP contribution is 2.33. The van der Waals surface area contributed by atoms with Crippen molar-refractivity contribution >= 4 is 29.2 Å². The average molecular weight is 320 g/mol. The van der Waals surface area contributed by atoms with Gasteiger partial charge in [0.15, 0.2) is 6.10 Å². The van der Waals surface area contributed by atoms with E-state index in [0.717, 1.165) is 12.1 Å². The van der Waals surface area contributed by atoms with Gasteiger partial charge in [0.2, 0.25) is 0 Å². The van der Waals surface area contributed by atoms with Crippen molar-refractivity contribution in [2.45, 2.75) is 39.3 Å². The number of rotatable bonds is 8. The van der Waals surface area contributed by atoms with Gasteiger partial charge in [0.1, 0.15) is 5.75 Å². The standard InChI is InChI=1S/C14H19Cl2NO3/c1-3-5-12(14(18)19)20-13-9(8-17-4-2)6-10(15)7-11(13)16/h6-7,12,17H,3-5,8H2,1-2H3,(H,18,19). The maximum absolute atomic E-state index is 11.2. The number of benzene rings is 1. The van der Waals surface area contributed by atoms with Crippen LogP contribution in [0.3, 0.4) is 0 Å². The van der Waals surface area contributed by atoms with E-state index in [4.69, 9.17) is 33.0 Å². The third kappa shape index (κ3) is 4.85. The monoisotopic (exact) mass is 319 g/mol. The van der Waals surface area contributed by atoms with Crippen molar-refractivity contribution in [3.05, 3.63) is 27.7 Å². The van der Waals surface area contributed by atoms with Crippen molar-refractivity contribution < 1.29 is 14.6 Å². The second-order valence-electron chi connectivity index (χ2n) is 4.39. The molecule has 0 aromatic heterocycles. The van der Waals surface area contributed by atoms with Crippen LogP contribution in [0.4, 0.5) is 0 Å². The van der Waals surface area contributed by atoms with Crippen LogP contribution in [0.5, 0.6) is 5.75 Å². The molecule has 1 atom stereocenters. The number of ether oxygens (including phenoxy) is 1. The maximum atomic E-state index is 11.2. The summed E-state index contributed by atoms with van der Waals surface area (Å²) in [5.74, 6) is -0.606. The van der Waals surface area contributed by atoms with E-state index in [1.54, 1.807) is 12.1 Å². The van der Waals surface area contributed by atoms with Gasteiger partial charge in [-0.15, -0.1) is 0 Å². The second-order valence-corrected chi connectivity index (χ2v) is 5.23. The van der Waals surface area contributed by atoms with Crippen LogP contribution in [0.25, 0.3) is 0 Å². The van der Waals surface area contributed by atoms with E-state index >= 15 is 0 Å². The summed E-state index contributed by atoms with van der Waals surface area (Å²) < 4.78 is 5.60. The maximum Gasteiger partial charge on any atom is 0.344 e. The van der Waals surface area contributed by atoms with E-state index in [9.17, 15) is 4.79 Å². The third-order valence-electron chi connectivity index (χ3n) is 2.74. The van der Waals surface area contributed by atoms with Crippen molar-refractivity contribution in [2.24, 2.45) is 0 Å². The van der Waals surface area contributed by atoms with Gasteiger partial charge >= 0.3 is 5.97 Å². The molecule has 0 aliphatic carbocycles. The number of carboxylic acid groups (broad SMARTS) is 1. The van der Waals surface area contributed by atoms with Crippen LogP contribution in [0.1, 0.15) is 32.3 Å². The molecule has 2 N–H and O–H groups in total. The topological polar surface area (TPSA) is 58.6 Å². The lowest BCUT2D eigenvalue weighted by atomic mass is 10.1. The lowest BCUT2D eigenvalue weighted by molar-refractivity contribution is -0.145.